The van der Waals surface area contributed by atoms with E-state index in [4.69, 9.17) is 11.6 Å². The summed E-state index contributed by atoms with van der Waals surface area (Å²) in [4.78, 5) is 19.8. The van der Waals surface area contributed by atoms with Gasteiger partial charge in [-0.2, -0.15) is 4.39 Å². The summed E-state index contributed by atoms with van der Waals surface area (Å²) >= 11 is 6.84. The Kier molecular flexibility index (Phi) is 4.33. The predicted octanol–water partition coefficient (Wildman–Crippen LogP) is 3.52. The summed E-state index contributed by atoms with van der Waals surface area (Å²) in [5.74, 6) is -1.49. The maximum Gasteiger partial charge on any atom is 0.335 e. The molecule has 1 aliphatic rings. The lowest BCUT2D eigenvalue weighted by molar-refractivity contribution is -0.133. The smallest absolute Gasteiger partial charge is 0.335 e. The minimum atomic E-state index is -1.18. The molecule has 0 aliphatic carbocycles. The minimum absolute atomic E-state index is 0.0238. The van der Waals surface area contributed by atoms with Crippen LogP contribution in [0.3, 0.4) is 0 Å². The van der Waals surface area contributed by atoms with Gasteiger partial charge in [0.1, 0.15) is 11.9 Å². The Balaban J connectivity index is 2.14. The molecule has 1 aromatic heterocycles. The first-order valence-corrected chi connectivity index (χ1v) is 7.92. The Morgan fingerprint density at radius 3 is 2.75 bits per heavy atom. The van der Waals surface area contributed by atoms with E-state index in [9.17, 15) is 18.7 Å². The van der Waals surface area contributed by atoms with Gasteiger partial charge in [-0.15, -0.1) is 0 Å². The predicted molar refractivity (Wildman–Crippen MR) is 86.2 cm³/mol. The van der Waals surface area contributed by atoms with Gasteiger partial charge in [0.05, 0.1) is 11.8 Å². The van der Waals surface area contributed by atoms with Crippen molar-refractivity contribution in [3.05, 3.63) is 62.2 Å². The first kappa shape index (κ1) is 16.5. The van der Waals surface area contributed by atoms with Gasteiger partial charge in [0.15, 0.2) is 16.0 Å². The first-order valence-electron chi connectivity index (χ1n) is 6.72. The summed E-state index contributed by atoms with van der Waals surface area (Å²) in [6.07, 6.45) is 1.05. The number of halogens is 3. The molecule has 0 saturated carbocycles. The highest BCUT2D eigenvalue weighted by Gasteiger charge is 2.31. The molecule has 5 nitrogen and oxygen atoms in total. The summed E-state index contributed by atoms with van der Waals surface area (Å²) in [6, 6.07) is 2.69. The Labute approximate surface area is 144 Å². The van der Waals surface area contributed by atoms with Crippen molar-refractivity contribution in [1.29, 1.82) is 0 Å². The molecule has 0 fully saturated rings. The number of hydrogen-bond acceptors (Lipinski definition) is 5. The largest absolute Gasteiger partial charge is 0.478 e. The zero-order chi connectivity index (χ0) is 17.4. The summed E-state index contributed by atoms with van der Waals surface area (Å²) in [5, 5.41) is 12.2. The van der Waals surface area contributed by atoms with E-state index in [0.29, 0.717) is 11.3 Å². The minimum Gasteiger partial charge on any atom is -0.478 e. The van der Waals surface area contributed by atoms with Gasteiger partial charge < -0.3 is 10.4 Å². The van der Waals surface area contributed by atoms with Crippen LogP contribution in [0.5, 0.6) is 0 Å². The molecule has 0 saturated heterocycles. The molecule has 0 radical (unpaired) electrons. The van der Waals surface area contributed by atoms with Crippen LogP contribution in [0.1, 0.15) is 23.5 Å². The Morgan fingerprint density at radius 1 is 1.42 bits per heavy atom. The van der Waals surface area contributed by atoms with Crippen molar-refractivity contribution in [2.24, 2.45) is 4.99 Å². The van der Waals surface area contributed by atoms with Crippen LogP contribution in [0.25, 0.3) is 0 Å². The monoisotopic (exact) mass is 369 g/mol. The number of allylic oxidation sites excluding steroid dienone is 1. The number of thiazole rings is 1. The maximum absolute atomic E-state index is 13.3. The van der Waals surface area contributed by atoms with E-state index in [1.165, 1.54) is 12.1 Å². The van der Waals surface area contributed by atoms with Gasteiger partial charge in [-0.3, -0.25) is 4.99 Å². The standard InChI is InChI=1S/C15H10ClF2N3O2S/c1-6-11(15(22)23)12(8-3-2-7(17)4-9(8)16)21-13(20-6)14-19-5-10(18)24-14/h2-5,12H,1H3,(H,20,21)(H,22,23). The number of carboxylic acid groups (broad SMARTS) is 1. The number of aromatic nitrogens is 1. The maximum atomic E-state index is 13.3. The van der Waals surface area contributed by atoms with Gasteiger partial charge in [-0.1, -0.05) is 29.0 Å². The van der Waals surface area contributed by atoms with Crippen molar-refractivity contribution < 1.29 is 18.7 Å². The molecule has 0 bridgehead atoms. The summed E-state index contributed by atoms with van der Waals surface area (Å²) < 4.78 is 26.5. The molecule has 3 rings (SSSR count). The number of amidine groups is 1. The van der Waals surface area contributed by atoms with Gasteiger partial charge >= 0.3 is 5.97 Å². The zero-order valence-electron chi connectivity index (χ0n) is 12.2. The number of benzene rings is 1. The molecule has 124 valence electrons. The number of rotatable bonds is 3. The summed E-state index contributed by atoms with van der Waals surface area (Å²) in [5.41, 5.74) is 0.642. The molecule has 24 heavy (non-hydrogen) atoms. The number of nitrogens with one attached hydrogen (secondary N) is 1. The number of aliphatic carboxylic acids is 1. The Hall–Kier alpha value is -2.32. The van der Waals surface area contributed by atoms with Crippen LogP contribution in [0.15, 0.2) is 40.7 Å². The fourth-order valence-electron chi connectivity index (χ4n) is 2.37. The normalized spacial score (nSPS) is 17.5. The topological polar surface area (TPSA) is 74.6 Å². The number of nitrogens with zero attached hydrogens (tertiary/aromatic N) is 2. The van der Waals surface area contributed by atoms with Crippen molar-refractivity contribution in [1.82, 2.24) is 10.3 Å². The van der Waals surface area contributed by atoms with Gasteiger partial charge in [0, 0.05) is 16.3 Å². The number of carboxylic acids is 1. The molecule has 0 spiro atoms. The molecule has 1 aliphatic heterocycles. The molecule has 2 heterocycles. The van der Waals surface area contributed by atoms with Crippen molar-refractivity contribution in [3.63, 3.8) is 0 Å². The second-order valence-corrected chi connectivity index (χ2v) is 6.37. The van der Waals surface area contributed by atoms with Crippen LogP contribution in [-0.2, 0) is 4.79 Å². The van der Waals surface area contributed by atoms with Crippen LogP contribution >= 0.6 is 22.9 Å². The van der Waals surface area contributed by atoms with E-state index >= 15 is 0 Å². The SMILES string of the molecule is CC1=C(C(=O)O)C(c2ccc(F)cc2Cl)N=C(c2ncc(F)s2)N1. The highest BCUT2D eigenvalue weighted by Crippen LogP contribution is 2.36. The molecule has 2 aromatic rings. The number of hydrogen-bond donors (Lipinski definition) is 2. The molecular formula is C15H10ClF2N3O2S. The third-order valence-electron chi connectivity index (χ3n) is 3.41. The van der Waals surface area contributed by atoms with Crippen molar-refractivity contribution in [2.75, 3.05) is 0 Å². The number of carbonyl (C=O) groups is 1. The van der Waals surface area contributed by atoms with Crippen LogP contribution < -0.4 is 5.32 Å². The highest BCUT2D eigenvalue weighted by atomic mass is 35.5. The highest BCUT2D eigenvalue weighted by molar-refractivity contribution is 7.12. The molecule has 1 aromatic carbocycles. The fourth-order valence-corrected chi connectivity index (χ4v) is 3.24. The van der Waals surface area contributed by atoms with E-state index in [1.54, 1.807) is 6.92 Å². The molecule has 1 unspecified atom stereocenters. The summed E-state index contributed by atoms with van der Waals surface area (Å²) in [6.45, 7) is 1.56. The van der Waals surface area contributed by atoms with Gasteiger partial charge in [-0.05, 0) is 19.1 Å². The second-order valence-electron chi connectivity index (χ2n) is 4.98. The third kappa shape index (κ3) is 3.02. The fraction of sp³-hybridized carbons (Fsp3) is 0.133. The van der Waals surface area contributed by atoms with Crippen LogP contribution in [0.2, 0.25) is 5.02 Å². The van der Waals surface area contributed by atoms with E-state index in [-0.39, 0.29) is 21.4 Å². The molecule has 2 N–H and O–H groups in total. The van der Waals surface area contributed by atoms with E-state index in [0.717, 1.165) is 23.6 Å². The Morgan fingerprint density at radius 2 is 2.17 bits per heavy atom. The number of aliphatic imine (C=N–C) groups is 1. The van der Waals surface area contributed by atoms with Crippen LogP contribution in [0, 0.1) is 10.9 Å². The van der Waals surface area contributed by atoms with Crippen molar-refractivity contribution >= 4 is 34.7 Å². The molecule has 1 atom stereocenters. The lowest BCUT2D eigenvalue weighted by atomic mass is 9.96. The first-order chi connectivity index (χ1) is 11.4. The van der Waals surface area contributed by atoms with Crippen LogP contribution in [-0.4, -0.2) is 21.9 Å². The van der Waals surface area contributed by atoms with Crippen molar-refractivity contribution in [2.45, 2.75) is 13.0 Å². The van der Waals surface area contributed by atoms with Gasteiger partial charge in [-0.25, -0.2) is 14.2 Å². The van der Waals surface area contributed by atoms with E-state index in [2.05, 4.69) is 15.3 Å². The van der Waals surface area contributed by atoms with Gasteiger partial charge in [0.25, 0.3) is 0 Å². The lowest BCUT2D eigenvalue weighted by Crippen LogP contribution is -2.32. The van der Waals surface area contributed by atoms with E-state index < -0.39 is 23.0 Å². The summed E-state index contributed by atoms with van der Waals surface area (Å²) in [7, 11) is 0. The molecule has 9 heteroatoms. The average molecular weight is 370 g/mol. The Bertz CT molecular complexity index is 895. The second kappa shape index (κ2) is 6.29. The van der Waals surface area contributed by atoms with Crippen LogP contribution in [0.4, 0.5) is 8.78 Å². The lowest BCUT2D eigenvalue weighted by Gasteiger charge is -2.24. The molecule has 0 amide bonds. The molecular weight excluding hydrogens is 360 g/mol. The quantitative estimate of drug-likeness (QED) is 0.868. The van der Waals surface area contributed by atoms with Gasteiger partial charge in [0.2, 0.25) is 0 Å². The zero-order valence-corrected chi connectivity index (χ0v) is 13.8. The average Bonchev–Trinajstić information content (AvgIpc) is 2.92. The van der Waals surface area contributed by atoms with E-state index in [1.807, 2.05) is 0 Å². The van der Waals surface area contributed by atoms with Crippen molar-refractivity contribution in [3.8, 4) is 0 Å². The third-order valence-corrected chi connectivity index (χ3v) is 4.53.